The molecule has 164 valence electrons. The third-order valence-electron chi connectivity index (χ3n) is 3.72. The first-order chi connectivity index (χ1) is 14.5. The Hall–Kier alpha value is -1.32. The van der Waals surface area contributed by atoms with Crippen molar-refractivity contribution in [3.8, 4) is 0 Å². The molecule has 0 aromatic heterocycles. The fourth-order valence-electron chi connectivity index (χ4n) is 2.11. The SMILES string of the molecule is CCOC.CSc1cc(NS(=O)C2=CC=CC(Cl)=C(C)C2)ccc1N=CSCC=O. The number of nitrogens with zero attached hydrogens (tertiary/aromatic N) is 1. The predicted molar refractivity (Wildman–Crippen MR) is 135 cm³/mol. The largest absolute Gasteiger partial charge is 0.385 e. The highest BCUT2D eigenvalue weighted by Crippen LogP contribution is 2.32. The number of hydrogen-bond acceptors (Lipinski definition) is 6. The Kier molecular flexibility index (Phi) is 13.8. The van der Waals surface area contributed by atoms with Crippen LogP contribution in [0.5, 0.6) is 0 Å². The summed E-state index contributed by atoms with van der Waals surface area (Å²) in [5.74, 6) is 0.387. The molecule has 30 heavy (non-hydrogen) atoms. The third kappa shape index (κ3) is 9.66. The highest BCUT2D eigenvalue weighted by molar-refractivity contribution is 8.12. The van der Waals surface area contributed by atoms with Crippen molar-refractivity contribution in [2.24, 2.45) is 4.99 Å². The lowest BCUT2D eigenvalue weighted by molar-refractivity contribution is -0.105. The van der Waals surface area contributed by atoms with Gasteiger partial charge in [-0.2, -0.15) is 0 Å². The lowest BCUT2D eigenvalue weighted by atomic mass is 10.2. The molecule has 1 aliphatic carbocycles. The zero-order chi connectivity index (χ0) is 22.4. The van der Waals surface area contributed by atoms with Gasteiger partial charge in [-0.15, -0.1) is 23.5 Å². The lowest BCUT2D eigenvalue weighted by Gasteiger charge is -2.11. The number of ether oxygens (including phenoxy) is 1. The summed E-state index contributed by atoms with van der Waals surface area (Å²) in [5, 5.41) is 0.688. The topological polar surface area (TPSA) is 67.8 Å². The normalized spacial score (nSPS) is 14.6. The van der Waals surface area contributed by atoms with Gasteiger partial charge >= 0.3 is 0 Å². The van der Waals surface area contributed by atoms with Crippen molar-refractivity contribution in [1.82, 2.24) is 0 Å². The van der Waals surface area contributed by atoms with Crippen LogP contribution in [0.4, 0.5) is 11.4 Å². The molecule has 1 N–H and O–H groups in total. The maximum absolute atomic E-state index is 12.7. The monoisotopic (exact) mass is 486 g/mol. The number of hydrogen-bond donors (Lipinski definition) is 1. The molecule has 1 aliphatic rings. The number of aldehydes is 1. The van der Waals surface area contributed by atoms with Crippen LogP contribution < -0.4 is 4.72 Å². The van der Waals surface area contributed by atoms with Crippen molar-refractivity contribution in [1.29, 1.82) is 0 Å². The summed E-state index contributed by atoms with van der Waals surface area (Å²) in [7, 11) is 0.328. The molecule has 0 saturated carbocycles. The molecule has 0 saturated heterocycles. The van der Waals surface area contributed by atoms with Gasteiger partial charge in [-0.05, 0) is 56.0 Å². The van der Waals surface area contributed by atoms with E-state index in [-0.39, 0.29) is 0 Å². The molecule has 0 amide bonds. The summed E-state index contributed by atoms with van der Waals surface area (Å²) in [5.41, 5.74) is 4.23. The Labute approximate surface area is 195 Å². The minimum absolute atomic E-state index is 0.387. The van der Waals surface area contributed by atoms with Crippen LogP contribution in [0.15, 0.2) is 61.8 Å². The number of carbonyl (C=O) groups is 1. The predicted octanol–water partition coefficient (Wildman–Crippen LogP) is 6.09. The van der Waals surface area contributed by atoms with E-state index in [2.05, 4.69) is 14.5 Å². The van der Waals surface area contributed by atoms with Crippen molar-refractivity contribution < 1.29 is 13.7 Å². The van der Waals surface area contributed by atoms with Gasteiger partial charge in [0.05, 0.1) is 17.0 Å². The average molecular weight is 487 g/mol. The zero-order valence-corrected chi connectivity index (χ0v) is 20.7. The maximum atomic E-state index is 12.7. The number of thioether (sulfide) groups is 2. The smallest absolute Gasteiger partial charge is 0.146 e. The van der Waals surface area contributed by atoms with Gasteiger partial charge in [0.1, 0.15) is 17.3 Å². The van der Waals surface area contributed by atoms with Crippen LogP contribution in [-0.2, 0) is 20.5 Å². The Morgan fingerprint density at radius 2 is 2.13 bits per heavy atom. The van der Waals surface area contributed by atoms with E-state index in [1.54, 1.807) is 24.4 Å². The van der Waals surface area contributed by atoms with Gasteiger partial charge in [0.2, 0.25) is 0 Å². The molecule has 0 radical (unpaired) electrons. The minimum atomic E-state index is -1.35. The van der Waals surface area contributed by atoms with Crippen LogP contribution in [0, 0.1) is 0 Å². The number of benzene rings is 1. The summed E-state index contributed by atoms with van der Waals surface area (Å²) in [6.45, 7) is 4.71. The van der Waals surface area contributed by atoms with Crippen LogP contribution in [-0.4, -0.2) is 41.8 Å². The van der Waals surface area contributed by atoms with Crippen LogP contribution in [0.25, 0.3) is 0 Å². The summed E-state index contributed by atoms with van der Waals surface area (Å²) in [4.78, 5) is 16.4. The first-order valence-corrected chi connectivity index (χ1v) is 12.9. The van der Waals surface area contributed by atoms with E-state index in [0.717, 1.165) is 39.6 Å². The van der Waals surface area contributed by atoms with Crippen molar-refractivity contribution >= 4 is 69.3 Å². The minimum Gasteiger partial charge on any atom is -0.385 e. The second-order valence-electron chi connectivity index (χ2n) is 5.87. The highest BCUT2D eigenvalue weighted by atomic mass is 35.5. The Morgan fingerprint density at radius 3 is 2.77 bits per heavy atom. The molecule has 1 atom stereocenters. The Bertz CT molecular complexity index is 850. The van der Waals surface area contributed by atoms with Crippen LogP contribution in [0.2, 0.25) is 0 Å². The molecule has 5 nitrogen and oxygen atoms in total. The van der Waals surface area contributed by atoms with Gasteiger partial charge in [0, 0.05) is 40.7 Å². The standard InChI is InChI=1S/C18H19ClN2O2S3.C3H8O/c1-13-10-15(4-3-5-16(13)19)26(23)21-14-6-7-17(18(11-14)24-2)20-12-25-9-8-22;1-3-4-2/h3-8,11-12,21H,9-10H2,1-2H3;3H2,1-2H3. The Morgan fingerprint density at radius 1 is 1.40 bits per heavy atom. The first kappa shape index (κ1) is 26.7. The summed E-state index contributed by atoms with van der Waals surface area (Å²) < 4.78 is 20.2. The number of nitrogens with one attached hydrogen (secondary N) is 1. The van der Waals surface area contributed by atoms with Crippen molar-refractivity contribution in [3.63, 3.8) is 0 Å². The average Bonchev–Trinajstić information content (AvgIpc) is 2.92. The summed E-state index contributed by atoms with van der Waals surface area (Å²) >= 11 is 9.02. The fourth-order valence-corrected chi connectivity index (χ4v) is 4.20. The number of carbonyl (C=O) groups excluding carboxylic acids is 1. The lowest BCUT2D eigenvalue weighted by Crippen LogP contribution is -2.07. The van der Waals surface area contributed by atoms with Crippen LogP contribution >= 0.6 is 35.1 Å². The molecule has 0 spiro atoms. The van der Waals surface area contributed by atoms with Crippen molar-refractivity contribution in [2.45, 2.75) is 25.2 Å². The molecular weight excluding hydrogens is 460 g/mol. The number of methoxy groups -OCH3 is 1. The number of halogens is 1. The molecule has 0 heterocycles. The van der Waals surface area contributed by atoms with E-state index >= 15 is 0 Å². The second-order valence-corrected chi connectivity index (χ2v) is 9.27. The van der Waals surface area contributed by atoms with E-state index < -0.39 is 11.0 Å². The molecule has 1 aromatic carbocycles. The molecule has 0 aliphatic heterocycles. The molecule has 2 rings (SSSR count). The quantitative estimate of drug-likeness (QED) is 0.150. The second kappa shape index (κ2) is 15.5. The van der Waals surface area contributed by atoms with E-state index in [9.17, 15) is 9.00 Å². The van der Waals surface area contributed by atoms with E-state index in [1.807, 2.05) is 56.5 Å². The van der Waals surface area contributed by atoms with Crippen LogP contribution in [0.1, 0.15) is 20.3 Å². The number of rotatable bonds is 9. The molecular formula is C21H27ClN2O3S3. The highest BCUT2D eigenvalue weighted by Gasteiger charge is 2.12. The van der Waals surface area contributed by atoms with Crippen LogP contribution in [0.3, 0.4) is 0 Å². The summed E-state index contributed by atoms with van der Waals surface area (Å²) in [6.07, 6.45) is 8.83. The Balaban J connectivity index is 0.00000103. The van der Waals surface area contributed by atoms with E-state index in [1.165, 1.54) is 11.8 Å². The number of anilines is 1. The number of aliphatic imine (C=N–C) groups is 1. The van der Waals surface area contributed by atoms with Gasteiger partial charge in [-0.1, -0.05) is 17.7 Å². The maximum Gasteiger partial charge on any atom is 0.146 e. The van der Waals surface area contributed by atoms with E-state index in [4.69, 9.17) is 11.6 Å². The molecule has 1 aromatic rings. The zero-order valence-electron chi connectivity index (χ0n) is 17.5. The van der Waals surface area contributed by atoms with Crippen molar-refractivity contribution in [2.75, 3.05) is 30.4 Å². The van der Waals surface area contributed by atoms with E-state index in [0.29, 0.717) is 17.2 Å². The molecule has 1 unspecified atom stereocenters. The van der Waals surface area contributed by atoms with Gasteiger partial charge in [0.15, 0.2) is 0 Å². The summed E-state index contributed by atoms with van der Waals surface area (Å²) in [6, 6.07) is 5.63. The van der Waals surface area contributed by atoms with Gasteiger partial charge in [-0.3, -0.25) is 0 Å². The van der Waals surface area contributed by atoms with Gasteiger partial charge < -0.3 is 14.3 Å². The van der Waals surface area contributed by atoms with Gasteiger partial charge in [0.25, 0.3) is 0 Å². The third-order valence-corrected chi connectivity index (χ3v) is 6.70. The van der Waals surface area contributed by atoms with Gasteiger partial charge in [-0.25, -0.2) is 9.20 Å². The molecule has 0 bridgehead atoms. The van der Waals surface area contributed by atoms with Crippen molar-refractivity contribution in [3.05, 3.63) is 51.9 Å². The molecule has 9 heteroatoms. The molecule has 0 fully saturated rings. The number of allylic oxidation sites excluding steroid dienone is 6. The fraction of sp³-hybridized carbons (Fsp3) is 0.333. The first-order valence-electron chi connectivity index (χ1n) is 9.12.